The molecule has 0 saturated heterocycles. The van der Waals surface area contributed by atoms with Crippen molar-refractivity contribution >= 4 is 22.5 Å². The van der Waals surface area contributed by atoms with Crippen LogP contribution in [0.15, 0.2) is 65.6 Å². The highest BCUT2D eigenvalue weighted by molar-refractivity contribution is 6.31. The number of nitrogens with zero attached hydrogens (tertiary/aromatic N) is 4. The zero-order valence-corrected chi connectivity index (χ0v) is 23.1. The Balaban J connectivity index is 1.53. The summed E-state index contributed by atoms with van der Waals surface area (Å²) in [5, 5.41) is 1.25. The van der Waals surface area contributed by atoms with E-state index in [1.807, 2.05) is 39.1 Å². The predicted molar refractivity (Wildman–Crippen MR) is 149 cm³/mol. The maximum atomic E-state index is 13.3. The Morgan fingerprint density at radius 3 is 2.42 bits per heavy atom. The van der Waals surface area contributed by atoms with Crippen molar-refractivity contribution in [3.63, 3.8) is 0 Å². The zero-order valence-electron chi connectivity index (χ0n) is 22.3. The number of hydrogen-bond acceptors (Lipinski definition) is 4. The van der Waals surface area contributed by atoms with E-state index in [0.717, 1.165) is 38.7 Å². The van der Waals surface area contributed by atoms with Crippen LogP contribution in [-0.4, -0.2) is 19.1 Å². The van der Waals surface area contributed by atoms with Gasteiger partial charge in [-0.1, -0.05) is 23.7 Å². The number of benzene rings is 1. The van der Waals surface area contributed by atoms with Crippen molar-refractivity contribution in [2.75, 3.05) is 0 Å². The van der Waals surface area contributed by atoms with E-state index in [1.165, 1.54) is 12.3 Å². The molecule has 0 bridgehead atoms. The van der Waals surface area contributed by atoms with Crippen LogP contribution in [0.1, 0.15) is 33.9 Å². The Kier molecular flexibility index (Phi) is 7.18. The molecule has 10 heteroatoms. The lowest BCUT2D eigenvalue weighted by Crippen LogP contribution is -2.29. The fourth-order valence-corrected chi connectivity index (χ4v) is 5.08. The fraction of sp³-hybridized carbons (Fsp3) is 0.233. The second kappa shape index (κ2) is 10.5. The monoisotopic (exact) mass is 566 g/mol. The summed E-state index contributed by atoms with van der Waals surface area (Å²) in [5.41, 5.74) is 3.66. The third-order valence-corrected chi connectivity index (χ3v) is 7.22. The fourth-order valence-electron chi connectivity index (χ4n) is 4.75. The largest absolute Gasteiger partial charge is 0.486 e. The van der Waals surface area contributed by atoms with Crippen LogP contribution in [-0.2, 0) is 26.4 Å². The van der Waals surface area contributed by atoms with Gasteiger partial charge in [0.15, 0.2) is 0 Å². The number of para-hydroxylation sites is 1. The number of hydrogen-bond donors (Lipinski definition) is 0. The summed E-state index contributed by atoms with van der Waals surface area (Å²) < 4.78 is 49.3. The number of pyridine rings is 3. The Morgan fingerprint density at radius 2 is 1.73 bits per heavy atom. The molecule has 0 spiro atoms. The van der Waals surface area contributed by atoms with E-state index < -0.39 is 17.3 Å². The molecule has 6 nitrogen and oxygen atoms in total. The molecule has 5 aromatic rings. The second-order valence-corrected chi connectivity index (χ2v) is 10.1. The van der Waals surface area contributed by atoms with Crippen LogP contribution in [0, 0.1) is 20.8 Å². The summed E-state index contributed by atoms with van der Waals surface area (Å²) in [7, 11) is 2.01. The third kappa shape index (κ3) is 5.21. The van der Waals surface area contributed by atoms with Gasteiger partial charge in [0.2, 0.25) is 0 Å². The van der Waals surface area contributed by atoms with Gasteiger partial charge >= 0.3 is 6.18 Å². The van der Waals surface area contributed by atoms with Crippen LogP contribution in [0.2, 0.25) is 5.02 Å². The first-order valence-corrected chi connectivity index (χ1v) is 12.9. The Hall–Kier alpha value is -4.11. The molecule has 0 saturated carbocycles. The first-order valence-electron chi connectivity index (χ1n) is 12.5. The highest BCUT2D eigenvalue weighted by Gasteiger charge is 2.34. The zero-order chi connectivity index (χ0) is 28.8. The molecular formula is C30H26ClF3N4O2. The molecule has 0 atom stereocenters. The third-order valence-electron chi connectivity index (χ3n) is 6.88. The lowest BCUT2D eigenvalue weighted by atomic mass is 10.0. The highest BCUT2D eigenvalue weighted by Crippen LogP contribution is 2.35. The molecule has 1 aromatic carbocycles. The van der Waals surface area contributed by atoms with Crippen molar-refractivity contribution in [3.05, 3.63) is 110 Å². The van der Waals surface area contributed by atoms with Crippen molar-refractivity contribution in [3.8, 4) is 17.0 Å². The lowest BCUT2D eigenvalue weighted by molar-refractivity contribution is -0.138. The number of aromatic nitrogens is 4. The van der Waals surface area contributed by atoms with E-state index in [9.17, 15) is 18.0 Å². The molecule has 4 aromatic heterocycles. The number of alkyl halides is 3. The molecule has 206 valence electrons. The first-order chi connectivity index (χ1) is 18.9. The van der Waals surface area contributed by atoms with Crippen LogP contribution in [0.5, 0.6) is 5.75 Å². The van der Waals surface area contributed by atoms with Crippen LogP contribution >= 0.6 is 11.6 Å². The molecule has 40 heavy (non-hydrogen) atoms. The number of halogens is 4. The number of aryl methyl sites for hydroxylation is 3. The van der Waals surface area contributed by atoms with Crippen LogP contribution < -0.4 is 10.3 Å². The van der Waals surface area contributed by atoms with Gasteiger partial charge < -0.3 is 13.9 Å². The van der Waals surface area contributed by atoms with Gasteiger partial charge in [-0.2, -0.15) is 13.2 Å². The van der Waals surface area contributed by atoms with Gasteiger partial charge in [-0.05, 0) is 63.2 Å². The maximum absolute atomic E-state index is 13.3. The molecule has 0 radical (unpaired) electrons. The van der Waals surface area contributed by atoms with Gasteiger partial charge in [0.25, 0.3) is 5.56 Å². The Labute approximate surface area is 233 Å². The van der Waals surface area contributed by atoms with Gasteiger partial charge in [0.05, 0.1) is 17.3 Å². The van der Waals surface area contributed by atoms with E-state index in [4.69, 9.17) is 21.3 Å². The molecule has 4 heterocycles. The number of fused-ring (bicyclic) bond motifs is 1. The van der Waals surface area contributed by atoms with Crippen LogP contribution in [0.25, 0.3) is 22.2 Å². The average molecular weight is 567 g/mol. The summed E-state index contributed by atoms with van der Waals surface area (Å²) in [6.45, 7) is 5.45. The van der Waals surface area contributed by atoms with Crippen molar-refractivity contribution in [2.24, 2.45) is 7.05 Å². The van der Waals surface area contributed by atoms with Crippen molar-refractivity contribution in [1.82, 2.24) is 19.1 Å². The van der Waals surface area contributed by atoms with Gasteiger partial charge in [-0.3, -0.25) is 9.78 Å². The molecule has 0 amide bonds. The summed E-state index contributed by atoms with van der Waals surface area (Å²) in [6.07, 6.45) is -3.47. The summed E-state index contributed by atoms with van der Waals surface area (Å²) in [5.74, 6) is 0.521. The first kappa shape index (κ1) is 27.5. The minimum absolute atomic E-state index is 0.0253. The number of rotatable bonds is 6. The molecule has 0 aliphatic heterocycles. The number of ether oxygens (including phenoxy) is 1. The van der Waals surface area contributed by atoms with Gasteiger partial charge in [-0.25, -0.2) is 4.98 Å². The van der Waals surface area contributed by atoms with E-state index in [0.29, 0.717) is 33.2 Å². The van der Waals surface area contributed by atoms with E-state index >= 15 is 0 Å². The van der Waals surface area contributed by atoms with Gasteiger partial charge in [0, 0.05) is 52.5 Å². The molecule has 0 aliphatic rings. The Bertz CT molecular complexity index is 1810. The standard InChI is InChI=1S/C30H26ClF3N4O2/c1-17-13-21(26-11-10-19(3)37(26)4)20-7-5-9-27(28(20)36-17)40-16-22-24(31)14-18(2)35-25(22)15-38-12-6-8-23(29(38)39)30(32,33)34/h5-14H,15-16H2,1-4H3. The summed E-state index contributed by atoms with van der Waals surface area (Å²) in [6, 6.07) is 15.4. The lowest BCUT2D eigenvalue weighted by Gasteiger charge is -2.17. The molecule has 0 fully saturated rings. The average Bonchev–Trinajstić information content (AvgIpc) is 3.21. The van der Waals surface area contributed by atoms with E-state index in [1.54, 1.807) is 19.1 Å². The summed E-state index contributed by atoms with van der Waals surface area (Å²) in [4.78, 5) is 21.8. The van der Waals surface area contributed by atoms with Gasteiger partial charge in [0.1, 0.15) is 23.4 Å². The topological polar surface area (TPSA) is 61.9 Å². The van der Waals surface area contributed by atoms with Crippen molar-refractivity contribution in [2.45, 2.75) is 40.1 Å². The van der Waals surface area contributed by atoms with E-state index in [-0.39, 0.29) is 13.2 Å². The quantitative estimate of drug-likeness (QED) is 0.221. The van der Waals surface area contributed by atoms with E-state index in [2.05, 4.69) is 21.7 Å². The minimum atomic E-state index is -4.76. The SMILES string of the molecule is Cc1cc(Cl)c(COc2cccc3c(-c4ccc(C)n4C)cc(C)nc23)c(Cn2cccc(C(F)(F)F)c2=O)n1. The van der Waals surface area contributed by atoms with Crippen molar-refractivity contribution in [1.29, 1.82) is 0 Å². The smallest absolute Gasteiger partial charge is 0.421 e. The van der Waals surface area contributed by atoms with Crippen LogP contribution in [0.3, 0.4) is 0 Å². The predicted octanol–water partition coefficient (Wildman–Crippen LogP) is 7.02. The van der Waals surface area contributed by atoms with Gasteiger partial charge in [-0.15, -0.1) is 0 Å². The highest BCUT2D eigenvalue weighted by atomic mass is 35.5. The molecular weight excluding hydrogens is 541 g/mol. The second-order valence-electron chi connectivity index (χ2n) is 9.69. The molecule has 0 aliphatic carbocycles. The van der Waals surface area contributed by atoms with Crippen LogP contribution in [0.4, 0.5) is 13.2 Å². The molecule has 0 N–H and O–H groups in total. The molecule has 0 unspecified atom stereocenters. The Morgan fingerprint density at radius 1 is 0.975 bits per heavy atom. The minimum Gasteiger partial charge on any atom is -0.486 e. The normalized spacial score (nSPS) is 11.8. The molecule has 5 rings (SSSR count). The van der Waals surface area contributed by atoms with Crippen molar-refractivity contribution < 1.29 is 17.9 Å². The maximum Gasteiger partial charge on any atom is 0.421 e. The summed E-state index contributed by atoms with van der Waals surface area (Å²) >= 11 is 6.57.